The van der Waals surface area contributed by atoms with Gasteiger partial charge in [0.2, 0.25) is 0 Å². The number of nitrogens with one attached hydrogen (secondary N) is 2. The Labute approximate surface area is 162 Å². The highest BCUT2D eigenvalue weighted by molar-refractivity contribution is 6.04. The molecule has 2 aromatic heterocycles. The van der Waals surface area contributed by atoms with Gasteiger partial charge in [-0.1, -0.05) is 6.07 Å². The van der Waals surface area contributed by atoms with Crippen molar-refractivity contribution in [1.82, 2.24) is 14.8 Å². The van der Waals surface area contributed by atoms with Gasteiger partial charge in [-0.2, -0.15) is 5.10 Å². The Hall–Kier alpha value is -3.55. The van der Waals surface area contributed by atoms with Crippen LogP contribution in [0.25, 0.3) is 0 Å². The van der Waals surface area contributed by atoms with E-state index in [-0.39, 0.29) is 11.1 Å². The topological polar surface area (TPSA) is 98.2 Å². The summed E-state index contributed by atoms with van der Waals surface area (Å²) < 4.78 is 12.1. The third kappa shape index (κ3) is 4.06. The summed E-state index contributed by atoms with van der Waals surface area (Å²) in [6.07, 6.45) is 5.33. The molecular weight excluding hydrogens is 360 g/mol. The predicted octanol–water partition coefficient (Wildman–Crippen LogP) is 2.39. The number of hydrogen-bond donors (Lipinski definition) is 2. The van der Waals surface area contributed by atoms with Crippen molar-refractivity contribution >= 4 is 11.6 Å². The number of methoxy groups -OCH3 is 2. The molecule has 3 rings (SSSR count). The largest absolute Gasteiger partial charge is 0.493 e. The fourth-order valence-corrected chi connectivity index (χ4v) is 2.92. The number of aryl methyl sites for hydroxylation is 3. The molecule has 1 aromatic carbocycles. The molecule has 3 aromatic rings. The lowest BCUT2D eigenvalue weighted by molar-refractivity contribution is 0.102. The summed E-state index contributed by atoms with van der Waals surface area (Å²) >= 11 is 0. The van der Waals surface area contributed by atoms with Crippen LogP contribution in [0.4, 0.5) is 5.69 Å². The SMILES string of the molecule is COc1ccc(CCn2ccc(C)c(C(=O)Nc3cn[nH]c3)c2=O)cc1OC. The van der Waals surface area contributed by atoms with E-state index in [1.54, 1.807) is 39.6 Å². The molecule has 28 heavy (non-hydrogen) atoms. The van der Waals surface area contributed by atoms with Crippen molar-refractivity contribution in [3.8, 4) is 11.5 Å². The summed E-state index contributed by atoms with van der Waals surface area (Å²) in [5.74, 6) is 0.831. The first-order valence-electron chi connectivity index (χ1n) is 8.74. The molecule has 1 amide bonds. The van der Waals surface area contributed by atoms with Gasteiger partial charge in [-0.3, -0.25) is 14.7 Å². The van der Waals surface area contributed by atoms with E-state index in [4.69, 9.17) is 9.47 Å². The van der Waals surface area contributed by atoms with Crippen LogP contribution in [-0.2, 0) is 13.0 Å². The maximum atomic E-state index is 12.8. The second-order valence-electron chi connectivity index (χ2n) is 6.25. The average Bonchev–Trinajstić information content (AvgIpc) is 3.20. The van der Waals surface area contributed by atoms with Gasteiger partial charge in [-0.15, -0.1) is 0 Å². The van der Waals surface area contributed by atoms with Crippen molar-refractivity contribution < 1.29 is 14.3 Å². The molecule has 0 saturated carbocycles. The number of pyridine rings is 1. The number of H-pyrrole nitrogens is 1. The van der Waals surface area contributed by atoms with Crippen LogP contribution in [0.1, 0.15) is 21.5 Å². The number of benzene rings is 1. The number of nitrogens with zero attached hydrogens (tertiary/aromatic N) is 2. The molecule has 146 valence electrons. The fraction of sp³-hybridized carbons (Fsp3) is 0.250. The second kappa shape index (κ2) is 8.43. The first-order valence-corrected chi connectivity index (χ1v) is 8.74. The number of rotatable bonds is 7. The minimum atomic E-state index is -0.454. The molecule has 0 saturated heterocycles. The van der Waals surface area contributed by atoms with Crippen molar-refractivity contribution in [2.24, 2.45) is 0 Å². The normalized spacial score (nSPS) is 10.5. The van der Waals surface area contributed by atoms with Crippen molar-refractivity contribution in [2.45, 2.75) is 19.9 Å². The molecule has 0 atom stereocenters. The van der Waals surface area contributed by atoms with Crippen molar-refractivity contribution in [3.05, 3.63) is 69.9 Å². The van der Waals surface area contributed by atoms with E-state index in [0.29, 0.717) is 35.7 Å². The molecule has 8 nitrogen and oxygen atoms in total. The Morgan fingerprint density at radius 2 is 2.00 bits per heavy atom. The molecule has 0 radical (unpaired) electrons. The number of carbonyl (C=O) groups is 1. The number of hydrogen-bond acceptors (Lipinski definition) is 5. The molecule has 0 unspecified atom stereocenters. The van der Waals surface area contributed by atoms with Gasteiger partial charge in [0.15, 0.2) is 11.5 Å². The van der Waals surface area contributed by atoms with Crippen molar-refractivity contribution in [1.29, 1.82) is 0 Å². The van der Waals surface area contributed by atoms with Gasteiger partial charge < -0.3 is 19.4 Å². The molecule has 0 spiro atoms. The number of anilines is 1. The van der Waals surface area contributed by atoms with E-state index >= 15 is 0 Å². The quantitative estimate of drug-likeness (QED) is 0.654. The number of carbonyl (C=O) groups excluding carboxylic acids is 1. The van der Waals surface area contributed by atoms with Gasteiger partial charge in [-0.25, -0.2) is 0 Å². The monoisotopic (exact) mass is 382 g/mol. The Morgan fingerprint density at radius 1 is 1.21 bits per heavy atom. The van der Waals surface area contributed by atoms with E-state index in [1.165, 1.54) is 10.8 Å². The van der Waals surface area contributed by atoms with Gasteiger partial charge >= 0.3 is 0 Å². The van der Waals surface area contributed by atoms with Crippen LogP contribution >= 0.6 is 0 Å². The summed E-state index contributed by atoms with van der Waals surface area (Å²) in [5.41, 5.74) is 1.91. The maximum absolute atomic E-state index is 12.8. The zero-order valence-corrected chi connectivity index (χ0v) is 16.0. The van der Waals surface area contributed by atoms with Gasteiger partial charge in [0.05, 0.1) is 26.1 Å². The number of ether oxygens (including phenoxy) is 2. The molecule has 0 aliphatic carbocycles. The molecule has 2 heterocycles. The van der Waals surface area contributed by atoms with Crippen molar-refractivity contribution in [3.63, 3.8) is 0 Å². The summed E-state index contributed by atoms with van der Waals surface area (Å²) in [7, 11) is 3.16. The molecule has 0 bridgehead atoms. The Bertz CT molecular complexity index is 1030. The molecule has 2 N–H and O–H groups in total. The average molecular weight is 382 g/mol. The lowest BCUT2D eigenvalue weighted by atomic mass is 10.1. The molecule has 0 fully saturated rings. The Kier molecular flexibility index (Phi) is 5.78. The summed E-state index contributed by atoms with van der Waals surface area (Å²) in [4.78, 5) is 25.4. The molecule has 0 aliphatic rings. The first kappa shape index (κ1) is 19.2. The third-order valence-corrected chi connectivity index (χ3v) is 4.45. The minimum absolute atomic E-state index is 0.121. The van der Waals surface area contributed by atoms with Gasteiger partial charge in [0, 0.05) is 18.9 Å². The van der Waals surface area contributed by atoms with Gasteiger partial charge in [-0.05, 0) is 42.7 Å². The molecular formula is C20H22N4O4. The van der Waals surface area contributed by atoms with Crippen LogP contribution in [-0.4, -0.2) is 34.9 Å². The highest BCUT2D eigenvalue weighted by atomic mass is 16.5. The third-order valence-electron chi connectivity index (χ3n) is 4.45. The zero-order chi connectivity index (χ0) is 20.1. The van der Waals surface area contributed by atoms with Crippen molar-refractivity contribution in [2.75, 3.05) is 19.5 Å². The standard InChI is InChI=1S/C20H22N4O4/c1-13-6-8-24(9-7-14-4-5-16(27-2)17(10-14)28-3)20(26)18(13)19(25)23-15-11-21-22-12-15/h4-6,8,10-12H,7,9H2,1-3H3,(H,21,22)(H,23,25). The van der Waals surface area contributed by atoms with Crippen LogP contribution in [0.5, 0.6) is 11.5 Å². The highest BCUT2D eigenvalue weighted by Crippen LogP contribution is 2.27. The minimum Gasteiger partial charge on any atom is -0.493 e. The highest BCUT2D eigenvalue weighted by Gasteiger charge is 2.16. The number of aromatic nitrogens is 3. The van der Waals surface area contributed by atoms with Crippen LogP contribution < -0.4 is 20.3 Å². The van der Waals surface area contributed by atoms with E-state index in [9.17, 15) is 9.59 Å². The zero-order valence-electron chi connectivity index (χ0n) is 16.0. The summed E-state index contributed by atoms with van der Waals surface area (Å²) in [6, 6.07) is 7.40. The van der Waals surface area contributed by atoms with Crippen LogP contribution in [0, 0.1) is 6.92 Å². The predicted molar refractivity (Wildman–Crippen MR) is 105 cm³/mol. The van der Waals surface area contributed by atoms with Crippen LogP contribution in [0.3, 0.4) is 0 Å². The smallest absolute Gasteiger partial charge is 0.263 e. The molecule has 0 aliphatic heterocycles. The lowest BCUT2D eigenvalue weighted by Gasteiger charge is -2.12. The lowest BCUT2D eigenvalue weighted by Crippen LogP contribution is -2.30. The van der Waals surface area contributed by atoms with Crippen LogP contribution in [0.2, 0.25) is 0 Å². The van der Waals surface area contributed by atoms with E-state index in [2.05, 4.69) is 15.5 Å². The summed E-state index contributed by atoms with van der Waals surface area (Å²) in [5, 5.41) is 9.07. The van der Waals surface area contributed by atoms with Gasteiger partial charge in [0.25, 0.3) is 11.5 Å². The number of aromatic amines is 1. The second-order valence-corrected chi connectivity index (χ2v) is 6.25. The summed E-state index contributed by atoms with van der Waals surface area (Å²) in [6.45, 7) is 2.17. The maximum Gasteiger partial charge on any atom is 0.263 e. The van der Waals surface area contributed by atoms with Gasteiger partial charge in [0.1, 0.15) is 5.56 Å². The number of amides is 1. The van der Waals surface area contributed by atoms with E-state index in [1.807, 2.05) is 18.2 Å². The van der Waals surface area contributed by atoms with Crippen LogP contribution in [0.15, 0.2) is 47.7 Å². The molecule has 8 heteroatoms. The Morgan fingerprint density at radius 3 is 2.68 bits per heavy atom. The van der Waals surface area contributed by atoms with E-state index < -0.39 is 5.91 Å². The first-order chi connectivity index (χ1) is 13.5. The Balaban J connectivity index is 1.80. The van der Waals surface area contributed by atoms with E-state index in [0.717, 1.165) is 5.56 Å². The fourth-order valence-electron chi connectivity index (χ4n) is 2.92.